The molecule has 0 bridgehead atoms. The van der Waals surface area contributed by atoms with Crippen molar-refractivity contribution in [1.82, 2.24) is 10.2 Å². The second kappa shape index (κ2) is 13.5. The molecule has 3 rings (SSSR count). The molecule has 8 nitrogen and oxygen atoms in total. The van der Waals surface area contributed by atoms with E-state index in [1.807, 2.05) is 6.07 Å². The van der Waals surface area contributed by atoms with Crippen LogP contribution in [-0.4, -0.2) is 57.6 Å². The summed E-state index contributed by atoms with van der Waals surface area (Å²) in [6, 6.07) is 18.5. The van der Waals surface area contributed by atoms with Crippen LogP contribution in [0.2, 0.25) is 0 Å². The number of carbonyl (C=O) groups is 2. The minimum atomic E-state index is -4.72. The highest BCUT2D eigenvalue weighted by atomic mass is 32.2. The van der Waals surface area contributed by atoms with Crippen molar-refractivity contribution in [2.24, 2.45) is 0 Å². The van der Waals surface area contributed by atoms with Crippen molar-refractivity contribution in [2.45, 2.75) is 32.1 Å². The third kappa shape index (κ3) is 8.71. The van der Waals surface area contributed by atoms with Crippen LogP contribution in [-0.2, 0) is 38.8 Å². The molecule has 220 valence electrons. The van der Waals surface area contributed by atoms with Crippen molar-refractivity contribution < 1.29 is 35.9 Å². The SMILES string of the molecule is CCNC(=O)[C@H](Cc1ccccc1)N(Cc1cccc(OC)c1)C(=O)CN(c1cccc(C(F)(F)F)c1)S(C)(=O)=O. The predicted molar refractivity (Wildman–Crippen MR) is 150 cm³/mol. The fourth-order valence-electron chi connectivity index (χ4n) is 4.26. The number of halogens is 3. The van der Waals surface area contributed by atoms with Gasteiger partial charge in [-0.25, -0.2) is 8.42 Å². The monoisotopic (exact) mass is 591 g/mol. The molecule has 0 unspecified atom stereocenters. The van der Waals surface area contributed by atoms with Gasteiger partial charge in [-0.05, 0) is 48.4 Å². The molecule has 0 aliphatic rings. The summed E-state index contributed by atoms with van der Waals surface area (Å²) in [4.78, 5) is 28.5. The third-order valence-electron chi connectivity index (χ3n) is 6.25. The average molecular weight is 592 g/mol. The summed E-state index contributed by atoms with van der Waals surface area (Å²) in [5.41, 5.74) is -0.0293. The van der Waals surface area contributed by atoms with E-state index < -0.39 is 46.2 Å². The Bertz CT molecular complexity index is 1450. The maximum absolute atomic E-state index is 13.9. The van der Waals surface area contributed by atoms with E-state index in [4.69, 9.17) is 4.74 Å². The number of hydrogen-bond donors (Lipinski definition) is 1. The molecule has 0 saturated heterocycles. The summed E-state index contributed by atoms with van der Waals surface area (Å²) in [6.45, 7) is 1.09. The molecule has 41 heavy (non-hydrogen) atoms. The van der Waals surface area contributed by atoms with E-state index in [0.717, 1.165) is 24.0 Å². The van der Waals surface area contributed by atoms with Crippen molar-refractivity contribution in [3.63, 3.8) is 0 Å². The zero-order valence-electron chi connectivity index (χ0n) is 22.9. The summed E-state index contributed by atoms with van der Waals surface area (Å²) < 4.78 is 71.6. The van der Waals surface area contributed by atoms with E-state index in [-0.39, 0.29) is 25.2 Å². The molecule has 3 aromatic rings. The smallest absolute Gasteiger partial charge is 0.416 e. The number of anilines is 1. The number of ether oxygens (including phenoxy) is 1. The maximum atomic E-state index is 13.9. The first-order valence-corrected chi connectivity index (χ1v) is 14.6. The number of methoxy groups -OCH3 is 1. The lowest BCUT2D eigenvalue weighted by atomic mass is 10.0. The molecule has 0 aromatic heterocycles. The van der Waals surface area contributed by atoms with E-state index in [9.17, 15) is 31.2 Å². The van der Waals surface area contributed by atoms with Gasteiger partial charge in [0.05, 0.1) is 24.6 Å². The van der Waals surface area contributed by atoms with Crippen molar-refractivity contribution in [3.05, 3.63) is 95.6 Å². The fraction of sp³-hybridized carbons (Fsp3) is 0.310. The summed E-state index contributed by atoms with van der Waals surface area (Å²) >= 11 is 0. The Morgan fingerprint density at radius 1 is 0.951 bits per heavy atom. The van der Waals surface area contributed by atoms with Gasteiger partial charge < -0.3 is 15.0 Å². The summed E-state index contributed by atoms with van der Waals surface area (Å²) in [5, 5.41) is 2.73. The number of amides is 2. The van der Waals surface area contributed by atoms with Crippen LogP contribution >= 0.6 is 0 Å². The highest BCUT2D eigenvalue weighted by Gasteiger charge is 2.35. The highest BCUT2D eigenvalue weighted by molar-refractivity contribution is 7.92. The quantitative estimate of drug-likeness (QED) is 0.340. The minimum Gasteiger partial charge on any atom is -0.497 e. The van der Waals surface area contributed by atoms with Gasteiger partial charge in [0.2, 0.25) is 21.8 Å². The summed E-state index contributed by atoms with van der Waals surface area (Å²) in [5.74, 6) is -0.727. The van der Waals surface area contributed by atoms with Gasteiger partial charge in [-0.3, -0.25) is 13.9 Å². The first-order valence-electron chi connectivity index (χ1n) is 12.7. The lowest BCUT2D eigenvalue weighted by Crippen LogP contribution is -2.53. The fourth-order valence-corrected chi connectivity index (χ4v) is 5.11. The molecule has 0 fully saturated rings. The van der Waals surface area contributed by atoms with Gasteiger partial charge in [0.25, 0.3) is 0 Å². The van der Waals surface area contributed by atoms with E-state index in [1.165, 1.54) is 18.1 Å². The lowest BCUT2D eigenvalue weighted by molar-refractivity contribution is -0.140. The molecule has 12 heteroatoms. The van der Waals surface area contributed by atoms with Gasteiger partial charge in [0.15, 0.2) is 0 Å². The number of carbonyl (C=O) groups excluding carboxylic acids is 2. The van der Waals surface area contributed by atoms with Crippen LogP contribution in [0.4, 0.5) is 18.9 Å². The molecule has 1 N–H and O–H groups in total. The number of nitrogens with one attached hydrogen (secondary N) is 1. The number of sulfonamides is 1. The van der Waals surface area contributed by atoms with Gasteiger partial charge in [-0.15, -0.1) is 0 Å². The molecule has 3 aromatic carbocycles. The summed E-state index contributed by atoms with van der Waals surface area (Å²) in [7, 11) is -2.73. The number of rotatable bonds is 12. The van der Waals surface area contributed by atoms with Crippen LogP contribution in [0.1, 0.15) is 23.6 Å². The Morgan fingerprint density at radius 2 is 1.61 bits per heavy atom. The van der Waals surface area contributed by atoms with Gasteiger partial charge in [-0.2, -0.15) is 13.2 Å². The maximum Gasteiger partial charge on any atom is 0.416 e. The minimum absolute atomic E-state index is 0.0924. The second-order valence-electron chi connectivity index (χ2n) is 9.29. The Balaban J connectivity index is 2.08. The molecule has 0 saturated carbocycles. The van der Waals surface area contributed by atoms with Crippen molar-refractivity contribution in [3.8, 4) is 5.75 Å². The van der Waals surface area contributed by atoms with Gasteiger partial charge in [-0.1, -0.05) is 48.5 Å². The van der Waals surface area contributed by atoms with Crippen LogP contribution in [0.3, 0.4) is 0 Å². The summed E-state index contributed by atoms with van der Waals surface area (Å²) in [6.07, 6.45) is -3.80. The predicted octanol–water partition coefficient (Wildman–Crippen LogP) is 4.26. The van der Waals surface area contributed by atoms with E-state index >= 15 is 0 Å². The Labute approximate surface area is 237 Å². The van der Waals surface area contributed by atoms with Crippen LogP contribution in [0.5, 0.6) is 5.75 Å². The van der Waals surface area contributed by atoms with Crippen molar-refractivity contribution in [2.75, 3.05) is 30.8 Å². The second-order valence-corrected chi connectivity index (χ2v) is 11.2. The van der Waals surface area contributed by atoms with Crippen LogP contribution in [0, 0.1) is 0 Å². The van der Waals surface area contributed by atoms with E-state index in [0.29, 0.717) is 21.7 Å². The average Bonchev–Trinajstić information content (AvgIpc) is 2.93. The first kappa shape index (κ1) is 31.5. The van der Waals surface area contributed by atoms with E-state index in [1.54, 1.807) is 55.5 Å². The van der Waals surface area contributed by atoms with Gasteiger partial charge >= 0.3 is 6.18 Å². The first-order chi connectivity index (χ1) is 19.3. The number of likely N-dealkylation sites (N-methyl/N-ethyl adjacent to an activating group) is 1. The van der Waals surface area contributed by atoms with Gasteiger partial charge in [0.1, 0.15) is 18.3 Å². The van der Waals surface area contributed by atoms with Crippen LogP contribution in [0.15, 0.2) is 78.9 Å². The number of benzene rings is 3. The Kier molecular flexibility index (Phi) is 10.4. The lowest BCUT2D eigenvalue weighted by Gasteiger charge is -2.33. The molecule has 0 aliphatic carbocycles. The van der Waals surface area contributed by atoms with Crippen LogP contribution in [0.25, 0.3) is 0 Å². The third-order valence-corrected chi connectivity index (χ3v) is 7.39. The number of alkyl halides is 3. The Morgan fingerprint density at radius 3 is 2.22 bits per heavy atom. The van der Waals surface area contributed by atoms with E-state index in [2.05, 4.69) is 5.32 Å². The van der Waals surface area contributed by atoms with Crippen molar-refractivity contribution in [1.29, 1.82) is 0 Å². The number of nitrogens with zero attached hydrogens (tertiary/aromatic N) is 2. The normalized spacial score (nSPS) is 12.3. The molecular weight excluding hydrogens is 559 g/mol. The van der Waals surface area contributed by atoms with Crippen molar-refractivity contribution >= 4 is 27.5 Å². The molecule has 2 amide bonds. The zero-order chi connectivity index (χ0) is 30.2. The molecule has 0 spiro atoms. The topological polar surface area (TPSA) is 96.0 Å². The largest absolute Gasteiger partial charge is 0.497 e. The van der Waals surface area contributed by atoms with Crippen LogP contribution < -0.4 is 14.4 Å². The molecule has 0 radical (unpaired) electrons. The number of hydrogen-bond acceptors (Lipinski definition) is 5. The Hall–Kier alpha value is -4.06. The zero-order valence-corrected chi connectivity index (χ0v) is 23.7. The molecule has 1 atom stereocenters. The molecular formula is C29H32F3N3O5S. The highest BCUT2D eigenvalue weighted by Crippen LogP contribution is 2.32. The van der Waals surface area contributed by atoms with Gasteiger partial charge in [0, 0.05) is 19.5 Å². The molecule has 0 heterocycles. The standard InChI is InChI=1S/C29H32F3N3O5S/c1-4-33-28(37)26(17-21-10-6-5-7-11-21)34(19-22-12-8-15-25(16-22)40-2)27(36)20-35(41(3,38)39)24-14-9-13-23(18-24)29(30,31)32/h5-16,18,26H,4,17,19-20H2,1-3H3,(H,33,37)/t26-/m0/s1. The molecule has 0 aliphatic heterocycles.